The second-order valence-corrected chi connectivity index (χ2v) is 5.81. The van der Waals surface area contributed by atoms with Gasteiger partial charge in [0.25, 0.3) is 0 Å². The van der Waals surface area contributed by atoms with Gasteiger partial charge in [-0.15, -0.1) is 0 Å². The fourth-order valence-electron chi connectivity index (χ4n) is 1.84. The number of thioether (sulfide) groups is 1. The molecule has 1 N–H and O–H groups in total. The molecule has 0 spiro atoms. The summed E-state index contributed by atoms with van der Waals surface area (Å²) < 4.78 is 1.92. The van der Waals surface area contributed by atoms with E-state index in [0.717, 1.165) is 22.8 Å². The SMILES string of the molecule is CCC(Sc1nccn1C)C(=O)Nc1ccccc1C. The molecule has 1 unspecified atom stereocenters. The van der Waals surface area contributed by atoms with Crippen LogP contribution in [0.3, 0.4) is 0 Å². The molecule has 5 heteroatoms. The Labute approximate surface area is 123 Å². The molecule has 0 saturated carbocycles. The van der Waals surface area contributed by atoms with Gasteiger partial charge < -0.3 is 9.88 Å². The Kier molecular flexibility index (Phi) is 4.84. The Balaban J connectivity index is 2.06. The fourth-order valence-corrected chi connectivity index (χ4v) is 2.78. The molecule has 1 heterocycles. The molecule has 1 aromatic heterocycles. The molecule has 0 aliphatic rings. The minimum Gasteiger partial charge on any atom is -0.329 e. The lowest BCUT2D eigenvalue weighted by Crippen LogP contribution is -2.25. The third kappa shape index (κ3) is 3.42. The molecule has 2 aromatic rings. The number of benzene rings is 1. The number of nitrogens with zero attached hydrogens (tertiary/aromatic N) is 2. The van der Waals surface area contributed by atoms with Crippen molar-refractivity contribution in [2.75, 3.05) is 5.32 Å². The lowest BCUT2D eigenvalue weighted by Gasteiger charge is -2.15. The fraction of sp³-hybridized carbons (Fsp3) is 0.333. The summed E-state index contributed by atoms with van der Waals surface area (Å²) in [5.74, 6) is 0.0230. The van der Waals surface area contributed by atoms with Crippen LogP contribution in [0.25, 0.3) is 0 Å². The van der Waals surface area contributed by atoms with Crippen LogP contribution in [0.2, 0.25) is 0 Å². The Hall–Kier alpha value is -1.75. The first-order valence-electron chi connectivity index (χ1n) is 6.62. The number of nitrogens with one attached hydrogen (secondary N) is 1. The molecule has 0 aliphatic carbocycles. The molecule has 1 atom stereocenters. The third-order valence-electron chi connectivity index (χ3n) is 3.09. The van der Waals surface area contributed by atoms with Gasteiger partial charge in [0.05, 0.1) is 5.25 Å². The van der Waals surface area contributed by atoms with Gasteiger partial charge in [0.2, 0.25) is 5.91 Å². The first-order chi connectivity index (χ1) is 9.61. The Morgan fingerprint density at radius 3 is 2.80 bits per heavy atom. The summed E-state index contributed by atoms with van der Waals surface area (Å²) in [6.07, 6.45) is 4.39. The van der Waals surface area contributed by atoms with Gasteiger partial charge in [-0.25, -0.2) is 4.98 Å². The van der Waals surface area contributed by atoms with Gasteiger partial charge in [0.1, 0.15) is 0 Å². The van der Waals surface area contributed by atoms with Crippen LogP contribution in [0.5, 0.6) is 0 Å². The molecule has 0 saturated heterocycles. The maximum Gasteiger partial charge on any atom is 0.237 e. The van der Waals surface area contributed by atoms with Crippen molar-refractivity contribution in [2.24, 2.45) is 7.05 Å². The zero-order valence-corrected chi connectivity index (χ0v) is 12.8. The first-order valence-corrected chi connectivity index (χ1v) is 7.50. The molecule has 0 aliphatic heterocycles. The van der Waals surface area contributed by atoms with E-state index in [0.29, 0.717) is 0 Å². The standard InChI is InChI=1S/C15H19N3OS/c1-4-13(20-15-16-9-10-18(15)3)14(19)17-12-8-6-5-7-11(12)2/h5-10,13H,4H2,1-3H3,(H,17,19). The maximum atomic E-state index is 12.4. The van der Waals surface area contributed by atoms with E-state index in [1.807, 2.05) is 55.9 Å². The van der Waals surface area contributed by atoms with Crippen molar-refractivity contribution < 1.29 is 4.79 Å². The van der Waals surface area contributed by atoms with Gasteiger partial charge in [-0.3, -0.25) is 4.79 Å². The van der Waals surface area contributed by atoms with Crippen LogP contribution in [0.15, 0.2) is 41.8 Å². The molecule has 106 valence electrons. The first kappa shape index (κ1) is 14.7. The highest BCUT2D eigenvalue weighted by atomic mass is 32.2. The minimum absolute atomic E-state index is 0.0230. The lowest BCUT2D eigenvalue weighted by atomic mass is 10.2. The summed E-state index contributed by atoms with van der Waals surface area (Å²) in [5, 5.41) is 3.71. The summed E-state index contributed by atoms with van der Waals surface area (Å²) in [7, 11) is 1.93. The second-order valence-electron chi connectivity index (χ2n) is 4.64. The van der Waals surface area contributed by atoms with E-state index in [4.69, 9.17) is 0 Å². The molecule has 4 nitrogen and oxygen atoms in total. The number of imidazole rings is 1. The van der Waals surface area contributed by atoms with E-state index in [1.54, 1.807) is 6.20 Å². The van der Waals surface area contributed by atoms with Crippen molar-refractivity contribution in [2.45, 2.75) is 30.7 Å². The maximum absolute atomic E-state index is 12.4. The van der Waals surface area contributed by atoms with Crippen molar-refractivity contribution in [1.29, 1.82) is 0 Å². The van der Waals surface area contributed by atoms with Crippen LogP contribution in [0, 0.1) is 6.92 Å². The minimum atomic E-state index is -0.143. The number of carbonyl (C=O) groups excluding carboxylic acids is 1. The van der Waals surface area contributed by atoms with Crippen LogP contribution < -0.4 is 5.32 Å². The van der Waals surface area contributed by atoms with E-state index in [9.17, 15) is 4.79 Å². The predicted octanol–water partition coefficient (Wildman–Crippen LogP) is 3.24. The normalized spacial score (nSPS) is 12.2. The molecule has 0 fully saturated rings. The van der Waals surface area contributed by atoms with E-state index < -0.39 is 0 Å². The van der Waals surface area contributed by atoms with E-state index >= 15 is 0 Å². The third-order valence-corrected chi connectivity index (χ3v) is 4.53. The molecular formula is C15H19N3OS. The molecule has 0 bridgehead atoms. The largest absolute Gasteiger partial charge is 0.329 e. The van der Waals surface area contributed by atoms with Crippen molar-refractivity contribution >= 4 is 23.4 Å². The van der Waals surface area contributed by atoms with Gasteiger partial charge in [-0.2, -0.15) is 0 Å². The Morgan fingerprint density at radius 1 is 1.45 bits per heavy atom. The summed E-state index contributed by atoms with van der Waals surface area (Å²) in [5.41, 5.74) is 1.94. The van der Waals surface area contributed by atoms with Crippen molar-refractivity contribution in [3.05, 3.63) is 42.2 Å². The number of aryl methyl sites for hydroxylation is 2. The molecule has 1 aromatic carbocycles. The number of amides is 1. The number of para-hydroxylation sites is 1. The van der Waals surface area contributed by atoms with Gasteiger partial charge in [0, 0.05) is 25.1 Å². The average molecular weight is 289 g/mol. The quantitative estimate of drug-likeness (QED) is 0.860. The van der Waals surface area contributed by atoms with Crippen LogP contribution in [0.4, 0.5) is 5.69 Å². The summed E-state index contributed by atoms with van der Waals surface area (Å²) in [4.78, 5) is 16.6. The van der Waals surface area contributed by atoms with Gasteiger partial charge in [-0.05, 0) is 25.0 Å². The number of anilines is 1. The Bertz CT molecular complexity index is 594. The topological polar surface area (TPSA) is 46.9 Å². The number of aromatic nitrogens is 2. The highest BCUT2D eigenvalue weighted by Crippen LogP contribution is 2.25. The number of hydrogen-bond donors (Lipinski definition) is 1. The van der Waals surface area contributed by atoms with Crippen molar-refractivity contribution in [3.63, 3.8) is 0 Å². The van der Waals surface area contributed by atoms with E-state index in [1.165, 1.54) is 11.8 Å². The molecule has 2 rings (SSSR count). The summed E-state index contributed by atoms with van der Waals surface area (Å²) in [6.45, 7) is 4.00. The average Bonchev–Trinajstić information content (AvgIpc) is 2.84. The van der Waals surface area contributed by atoms with Gasteiger partial charge >= 0.3 is 0 Å². The van der Waals surface area contributed by atoms with Gasteiger partial charge in [0.15, 0.2) is 5.16 Å². The van der Waals surface area contributed by atoms with Crippen LogP contribution in [-0.4, -0.2) is 20.7 Å². The molecule has 1 amide bonds. The zero-order valence-electron chi connectivity index (χ0n) is 12.0. The lowest BCUT2D eigenvalue weighted by molar-refractivity contribution is -0.115. The second kappa shape index (κ2) is 6.61. The van der Waals surface area contributed by atoms with Crippen molar-refractivity contribution in [1.82, 2.24) is 9.55 Å². The monoisotopic (exact) mass is 289 g/mol. The highest BCUT2D eigenvalue weighted by Gasteiger charge is 2.20. The van der Waals surface area contributed by atoms with E-state index in [2.05, 4.69) is 10.3 Å². The number of rotatable bonds is 5. The smallest absolute Gasteiger partial charge is 0.237 e. The molecule has 20 heavy (non-hydrogen) atoms. The van der Waals surface area contributed by atoms with Crippen LogP contribution >= 0.6 is 11.8 Å². The van der Waals surface area contributed by atoms with E-state index in [-0.39, 0.29) is 11.2 Å². The van der Waals surface area contributed by atoms with Gasteiger partial charge in [-0.1, -0.05) is 36.9 Å². The summed E-state index contributed by atoms with van der Waals surface area (Å²) in [6, 6.07) is 7.80. The van der Waals surface area contributed by atoms with Crippen molar-refractivity contribution in [3.8, 4) is 0 Å². The van der Waals surface area contributed by atoms with Crippen LogP contribution in [0.1, 0.15) is 18.9 Å². The predicted molar refractivity (Wildman–Crippen MR) is 83.0 cm³/mol. The zero-order chi connectivity index (χ0) is 14.5. The van der Waals surface area contributed by atoms with Crippen LogP contribution in [-0.2, 0) is 11.8 Å². The highest BCUT2D eigenvalue weighted by molar-refractivity contribution is 8.00. The Morgan fingerprint density at radius 2 is 2.20 bits per heavy atom. The molecule has 0 radical (unpaired) electrons. The molecular weight excluding hydrogens is 270 g/mol. The summed E-state index contributed by atoms with van der Waals surface area (Å²) >= 11 is 1.50. The number of hydrogen-bond acceptors (Lipinski definition) is 3. The number of carbonyl (C=O) groups is 1.